The summed E-state index contributed by atoms with van der Waals surface area (Å²) in [6.07, 6.45) is 2.99. The zero-order valence-corrected chi connectivity index (χ0v) is 14.4. The molecule has 1 aromatic carbocycles. The van der Waals surface area contributed by atoms with Gasteiger partial charge in [-0.05, 0) is 24.6 Å². The van der Waals surface area contributed by atoms with Crippen LogP contribution < -0.4 is 4.90 Å². The van der Waals surface area contributed by atoms with Crippen LogP contribution in [0.5, 0.6) is 0 Å². The number of hydrogen-bond donors (Lipinski definition) is 0. The third-order valence-corrected chi connectivity index (χ3v) is 4.25. The molecule has 0 unspecified atom stereocenters. The van der Waals surface area contributed by atoms with Crippen molar-refractivity contribution in [1.82, 2.24) is 14.7 Å². The molecule has 1 aliphatic heterocycles. The Morgan fingerprint density at radius 1 is 1.38 bits per heavy atom. The molecule has 1 fully saturated rings. The molecule has 3 rings (SSSR count). The maximum Gasteiger partial charge on any atom is 0.344 e. The van der Waals surface area contributed by atoms with E-state index in [-0.39, 0.29) is 6.03 Å². The van der Waals surface area contributed by atoms with Crippen LogP contribution in [0.2, 0.25) is 5.02 Å². The van der Waals surface area contributed by atoms with Crippen LogP contribution in [0.3, 0.4) is 0 Å². The number of hydrogen-bond acceptors (Lipinski definition) is 4. The molecule has 0 atom stereocenters. The number of ether oxygens (including phenoxy) is 1. The van der Waals surface area contributed by atoms with E-state index in [2.05, 4.69) is 22.1 Å². The van der Waals surface area contributed by atoms with Crippen molar-refractivity contribution >= 4 is 23.3 Å². The lowest BCUT2D eigenvalue weighted by Crippen LogP contribution is -2.36. The van der Waals surface area contributed by atoms with E-state index in [0.717, 1.165) is 31.9 Å². The molecule has 0 bridgehead atoms. The minimum absolute atomic E-state index is 0.179. The Labute approximate surface area is 146 Å². The van der Waals surface area contributed by atoms with Crippen LogP contribution in [0.1, 0.15) is 12.5 Å². The van der Waals surface area contributed by atoms with Gasteiger partial charge in [0.15, 0.2) is 0 Å². The number of morpholine rings is 1. The summed E-state index contributed by atoms with van der Waals surface area (Å²) in [5.41, 5.74) is 2.26. The second-order valence-electron chi connectivity index (χ2n) is 5.67. The van der Waals surface area contributed by atoms with Gasteiger partial charge < -0.3 is 14.5 Å². The average Bonchev–Trinajstić information content (AvgIpc) is 3.06. The summed E-state index contributed by atoms with van der Waals surface area (Å²) in [4.78, 5) is 16.6. The number of anilines is 1. The molecule has 2 heterocycles. The molecule has 1 aromatic heterocycles. The highest BCUT2D eigenvalue weighted by atomic mass is 35.5. The summed E-state index contributed by atoms with van der Waals surface area (Å²) >= 11 is 5.85. The first-order chi connectivity index (χ1) is 11.7. The van der Waals surface area contributed by atoms with Crippen LogP contribution in [0.4, 0.5) is 10.5 Å². The minimum atomic E-state index is -0.179. The van der Waals surface area contributed by atoms with Crippen molar-refractivity contribution in [2.24, 2.45) is 0 Å². The standard InChI is InChI=1S/C17H21ClN4O2/c1-2-20(17(23)22-13-15(18)11-19-22)12-14-4-3-5-16(10-14)21-6-8-24-9-7-21/h3-5,10-11,13H,2,6-9,12H2,1H3. The van der Waals surface area contributed by atoms with Crippen molar-refractivity contribution in [1.29, 1.82) is 0 Å². The van der Waals surface area contributed by atoms with E-state index in [1.807, 2.05) is 19.1 Å². The number of benzene rings is 1. The van der Waals surface area contributed by atoms with Gasteiger partial charge in [0, 0.05) is 31.9 Å². The molecule has 0 N–H and O–H groups in total. The smallest absolute Gasteiger partial charge is 0.344 e. The molecule has 1 aliphatic rings. The summed E-state index contributed by atoms with van der Waals surface area (Å²) < 4.78 is 6.68. The molecule has 0 spiro atoms. The summed E-state index contributed by atoms with van der Waals surface area (Å²) in [5, 5.41) is 4.44. The highest BCUT2D eigenvalue weighted by Crippen LogP contribution is 2.19. The van der Waals surface area contributed by atoms with Crippen LogP contribution in [0, 0.1) is 0 Å². The Morgan fingerprint density at radius 3 is 2.83 bits per heavy atom. The largest absolute Gasteiger partial charge is 0.378 e. The van der Waals surface area contributed by atoms with E-state index in [0.29, 0.717) is 18.1 Å². The lowest BCUT2D eigenvalue weighted by atomic mass is 10.1. The maximum atomic E-state index is 12.5. The number of halogens is 1. The van der Waals surface area contributed by atoms with Gasteiger partial charge in [-0.2, -0.15) is 9.78 Å². The lowest BCUT2D eigenvalue weighted by Gasteiger charge is -2.29. The zero-order valence-electron chi connectivity index (χ0n) is 13.7. The van der Waals surface area contributed by atoms with Gasteiger partial charge in [0.25, 0.3) is 0 Å². The summed E-state index contributed by atoms with van der Waals surface area (Å²) in [7, 11) is 0. The van der Waals surface area contributed by atoms with Gasteiger partial charge in [-0.3, -0.25) is 0 Å². The maximum absolute atomic E-state index is 12.5. The van der Waals surface area contributed by atoms with E-state index in [4.69, 9.17) is 16.3 Å². The predicted molar refractivity (Wildman–Crippen MR) is 93.6 cm³/mol. The van der Waals surface area contributed by atoms with E-state index >= 15 is 0 Å². The second kappa shape index (κ2) is 7.68. The van der Waals surface area contributed by atoms with Crippen LogP contribution in [-0.4, -0.2) is 53.6 Å². The monoisotopic (exact) mass is 348 g/mol. The van der Waals surface area contributed by atoms with Crippen molar-refractivity contribution in [3.8, 4) is 0 Å². The Balaban J connectivity index is 1.72. The van der Waals surface area contributed by atoms with Gasteiger partial charge in [-0.1, -0.05) is 23.7 Å². The van der Waals surface area contributed by atoms with Crippen LogP contribution >= 0.6 is 11.6 Å². The van der Waals surface area contributed by atoms with Crippen molar-refractivity contribution in [2.45, 2.75) is 13.5 Å². The van der Waals surface area contributed by atoms with E-state index in [9.17, 15) is 4.79 Å². The van der Waals surface area contributed by atoms with Crippen LogP contribution in [0.25, 0.3) is 0 Å². The predicted octanol–water partition coefficient (Wildman–Crippen LogP) is 2.86. The van der Waals surface area contributed by atoms with Gasteiger partial charge in [-0.25, -0.2) is 4.79 Å². The SMILES string of the molecule is CCN(Cc1cccc(N2CCOCC2)c1)C(=O)n1cc(Cl)cn1. The topological polar surface area (TPSA) is 50.6 Å². The van der Waals surface area contributed by atoms with Crippen molar-refractivity contribution in [3.05, 3.63) is 47.2 Å². The normalized spacial score (nSPS) is 14.7. The molecule has 7 heteroatoms. The highest BCUT2D eigenvalue weighted by molar-refractivity contribution is 6.30. The molecular formula is C17H21ClN4O2. The van der Waals surface area contributed by atoms with Gasteiger partial charge in [-0.15, -0.1) is 0 Å². The molecule has 0 aliphatic carbocycles. The Bertz CT molecular complexity index is 697. The molecule has 2 aromatic rings. The highest BCUT2D eigenvalue weighted by Gasteiger charge is 2.16. The Morgan fingerprint density at radius 2 is 2.17 bits per heavy atom. The number of carbonyl (C=O) groups is 1. The van der Waals surface area contributed by atoms with Gasteiger partial charge in [0.05, 0.1) is 30.6 Å². The number of carbonyl (C=O) groups excluding carboxylic acids is 1. The molecule has 0 radical (unpaired) electrons. The third-order valence-electron chi connectivity index (χ3n) is 4.06. The lowest BCUT2D eigenvalue weighted by molar-refractivity contribution is 0.122. The first-order valence-corrected chi connectivity index (χ1v) is 8.46. The fourth-order valence-corrected chi connectivity index (χ4v) is 2.89. The molecule has 0 saturated carbocycles. The summed E-state index contributed by atoms with van der Waals surface area (Å²) in [5.74, 6) is 0. The molecule has 6 nitrogen and oxygen atoms in total. The van der Waals surface area contributed by atoms with Gasteiger partial charge in [0.1, 0.15) is 0 Å². The van der Waals surface area contributed by atoms with E-state index < -0.39 is 0 Å². The number of nitrogens with zero attached hydrogens (tertiary/aromatic N) is 4. The Kier molecular flexibility index (Phi) is 5.37. The second-order valence-corrected chi connectivity index (χ2v) is 6.11. The van der Waals surface area contributed by atoms with Gasteiger partial charge >= 0.3 is 6.03 Å². The number of amides is 1. The van der Waals surface area contributed by atoms with Gasteiger partial charge in [0.2, 0.25) is 0 Å². The molecule has 128 valence electrons. The zero-order chi connectivity index (χ0) is 16.9. The van der Waals surface area contributed by atoms with Crippen molar-refractivity contribution in [3.63, 3.8) is 0 Å². The molecule has 1 amide bonds. The van der Waals surface area contributed by atoms with Crippen molar-refractivity contribution in [2.75, 3.05) is 37.7 Å². The summed E-state index contributed by atoms with van der Waals surface area (Å²) in [6, 6.07) is 8.12. The summed E-state index contributed by atoms with van der Waals surface area (Å²) in [6.45, 7) is 6.38. The molecular weight excluding hydrogens is 328 g/mol. The molecule has 24 heavy (non-hydrogen) atoms. The number of rotatable bonds is 4. The van der Waals surface area contributed by atoms with Crippen LogP contribution in [-0.2, 0) is 11.3 Å². The third kappa shape index (κ3) is 3.88. The minimum Gasteiger partial charge on any atom is -0.378 e. The first kappa shape index (κ1) is 16.8. The number of aromatic nitrogens is 2. The quantitative estimate of drug-likeness (QED) is 0.852. The fraction of sp³-hybridized carbons (Fsp3) is 0.412. The van der Waals surface area contributed by atoms with E-state index in [1.165, 1.54) is 22.8 Å². The average molecular weight is 349 g/mol. The fourth-order valence-electron chi connectivity index (χ4n) is 2.76. The Hall–Kier alpha value is -2.05. The van der Waals surface area contributed by atoms with E-state index in [1.54, 1.807) is 4.90 Å². The van der Waals surface area contributed by atoms with Crippen molar-refractivity contribution < 1.29 is 9.53 Å². The molecule has 1 saturated heterocycles. The van der Waals surface area contributed by atoms with Crippen LogP contribution in [0.15, 0.2) is 36.7 Å². The first-order valence-electron chi connectivity index (χ1n) is 8.08.